The zero-order chi connectivity index (χ0) is 24.0. The fourth-order valence-electron chi connectivity index (χ4n) is 3.25. The molecule has 0 aliphatic heterocycles. The van der Waals surface area contributed by atoms with Crippen molar-refractivity contribution < 1.29 is 14.3 Å². The first-order chi connectivity index (χ1) is 15.6. The highest BCUT2D eigenvalue weighted by atomic mass is 35.5. The van der Waals surface area contributed by atoms with Crippen LogP contribution in [0.5, 0.6) is 0 Å². The number of carbonyl (C=O) groups excluding carboxylic acids is 2. The summed E-state index contributed by atoms with van der Waals surface area (Å²) in [5.41, 5.74) is 1.93. The van der Waals surface area contributed by atoms with E-state index in [-0.39, 0.29) is 11.6 Å². The van der Waals surface area contributed by atoms with Gasteiger partial charge in [-0.15, -0.1) is 0 Å². The summed E-state index contributed by atoms with van der Waals surface area (Å²) in [5, 5.41) is 6.99. The van der Waals surface area contributed by atoms with Crippen molar-refractivity contribution in [3.05, 3.63) is 59.5 Å². The third-order valence-electron chi connectivity index (χ3n) is 4.70. The molecule has 1 aromatic carbocycles. The summed E-state index contributed by atoms with van der Waals surface area (Å²) >= 11 is 5.97. The van der Waals surface area contributed by atoms with Gasteiger partial charge in [0.2, 0.25) is 0 Å². The Morgan fingerprint density at radius 2 is 1.88 bits per heavy atom. The standard InChI is InChI=1S/C24H28ClN5O3/c1-24(2,3)33-23(32)28-11-6-14-30(4)20-10-13-27-21-17(20)7-5-8-18(21)29-22(31)19-15-16(25)9-12-26-19/h5,7-10,12-13,15H,6,11,14H2,1-4H3,(H,28,32)(H,29,31). The van der Waals surface area contributed by atoms with Crippen LogP contribution in [0, 0.1) is 0 Å². The lowest BCUT2D eigenvalue weighted by Crippen LogP contribution is -2.34. The number of hydrogen-bond acceptors (Lipinski definition) is 6. The zero-order valence-corrected chi connectivity index (χ0v) is 19.9. The summed E-state index contributed by atoms with van der Waals surface area (Å²) in [6.07, 6.45) is 3.51. The molecular formula is C24H28ClN5O3. The normalized spacial score (nSPS) is 11.2. The molecular weight excluding hydrogens is 442 g/mol. The van der Waals surface area contributed by atoms with Gasteiger partial charge in [0.15, 0.2) is 0 Å². The number of fused-ring (bicyclic) bond motifs is 1. The number of hydrogen-bond donors (Lipinski definition) is 2. The van der Waals surface area contributed by atoms with Gasteiger partial charge in [0.05, 0.1) is 11.2 Å². The zero-order valence-electron chi connectivity index (χ0n) is 19.2. The molecule has 2 heterocycles. The van der Waals surface area contributed by atoms with Gasteiger partial charge in [-0.2, -0.15) is 0 Å². The Morgan fingerprint density at radius 1 is 1.12 bits per heavy atom. The highest BCUT2D eigenvalue weighted by molar-refractivity contribution is 6.31. The van der Waals surface area contributed by atoms with E-state index in [0.29, 0.717) is 29.3 Å². The molecule has 2 aromatic heterocycles. The lowest BCUT2D eigenvalue weighted by Gasteiger charge is -2.22. The number of para-hydroxylation sites is 1. The van der Waals surface area contributed by atoms with Crippen LogP contribution in [0.3, 0.4) is 0 Å². The molecule has 0 saturated heterocycles. The van der Waals surface area contributed by atoms with Crippen LogP contribution >= 0.6 is 11.6 Å². The molecule has 9 heteroatoms. The first-order valence-corrected chi connectivity index (χ1v) is 11.0. The van der Waals surface area contributed by atoms with Crippen LogP contribution in [0.1, 0.15) is 37.7 Å². The fourth-order valence-corrected chi connectivity index (χ4v) is 3.41. The predicted octanol–water partition coefficient (Wildman–Crippen LogP) is 4.89. The molecule has 0 fully saturated rings. The third-order valence-corrected chi connectivity index (χ3v) is 4.94. The van der Waals surface area contributed by atoms with Crippen molar-refractivity contribution in [2.24, 2.45) is 0 Å². The van der Waals surface area contributed by atoms with E-state index in [9.17, 15) is 9.59 Å². The highest BCUT2D eigenvalue weighted by Crippen LogP contribution is 2.29. The van der Waals surface area contributed by atoms with Gasteiger partial charge in [-0.25, -0.2) is 4.79 Å². The van der Waals surface area contributed by atoms with Crippen molar-refractivity contribution in [1.29, 1.82) is 0 Å². The number of amides is 2. The lowest BCUT2D eigenvalue weighted by molar-refractivity contribution is 0.0527. The molecule has 0 radical (unpaired) electrons. The molecule has 0 spiro atoms. The summed E-state index contributed by atoms with van der Waals surface area (Å²) in [7, 11) is 1.98. The van der Waals surface area contributed by atoms with E-state index < -0.39 is 11.7 Å². The second-order valence-corrected chi connectivity index (χ2v) is 8.99. The Kier molecular flexibility index (Phi) is 7.71. The quantitative estimate of drug-likeness (QED) is 0.478. The second-order valence-electron chi connectivity index (χ2n) is 8.55. The second kappa shape index (κ2) is 10.5. The number of benzene rings is 1. The Balaban J connectivity index is 1.68. The number of pyridine rings is 2. The Bertz CT molecular complexity index is 1150. The van der Waals surface area contributed by atoms with Crippen molar-refractivity contribution >= 4 is 45.9 Å². The van der Waals surface area contributed by atoms with E-state index in [4.69, 9.17) is 16.3 Å². The molecule has 0 aliphatic rings. The van der Waals surface area contributed by atoms with Gasteiger partial charge < -0.3 is 20.3 Å². The molecule has 174 valence electrons. The Morgan fingerprint density at radius 3 is 2.61 bits per heavy atom. The maximum atomic E-state index is 12.6. The topological polar surface area (TPSA) is 96.5 Å². The molecule has 0 unspecified atom stereocenters. The van der Waals surface area contributed by atoms with Gasteiger partial charge in [-0.1, -0.05) is 23.7 Å². The molecule has 3 aromatic rings. The van der Waals surface area contributed by atoms with Crippen LogP contribution in [-0.2, 0) is 4.74 Å². The number of aromatic nitrogens is 2. The van der Waals surface area contributed by atoms with E-state index >= 15 is 0 Å². The SMILES string of the molecule is CN(CCCNC(=O)OC(C)(C)C)c1ccnc2c(NC(=O)c3cc(Cl)ccn3)cccc12. The highest BCUT2D eigenvalue weighted by Gasteiger charge is 2.16. The average Bonchev–Trinajstić information content (AvgIpc) is 2.75. The van der Waals surface area contributed by atoms with Crippen molar-refractivity contribution in [3.8, 4) is 0 Å². The van der Waals surface area contributed by atoms with Crippen molar-refractivity contribution in [2.75, 3.05) is 30.4 Å². The van der Waals surface area contributed by atoms with E-state index in [0.717, 1.165) is 17.5 Å². The summed E-state index contributed by atoms with van der Waals surface area (Å²) < 4.78 is 5.25. The van der Waals surface area contributed by atoms with Gasteiger partial charge >= 0.3 is 6.09 Å². The average molecular weight is 470 g/mol. The largest absolute Gasteiger partial charge is 0.444 e. The molecule has 2 amide bonds. The molecule has 0 saturated carbocycles. The maximum absolute atomic E-state index is 12.6. The molecule has 0 atom stereocenters. The lowest BCUT2D eigenvalue weighted by atomic mass is 10.1. The molecule has 3 rings (SSSR count). The van der Waals surface area contributed by atoms with Crippen molar-refractivity contribution in [2.45, 2.75) is 32.8 Å². The number of nitrogens with one attached hydrogen (secondary N) is 2. The first kappa shape index (κ1) is 24.3. The first-order valence-electron chi connectivity index (χ1n) is 10.6. The number of anilines is 2. The van der Waals surface area contributed by atoms with Gasteiger partial charge in [0, 0.05) is 48.6 Å². The summed E-state index contributed by atoms with van der Waals surface area (Å²) in [5.74, 6) is -0.362. The Labute approximate surface area is 198 Å². The van der Waals surface area contributed by atoms with Gasteiger partial charge in [0.25, 0.3) is 5.91 Å². The summed E-state index contributed by atoms with van der Waals surface area (Å²) in [6, 6.07) is 10.7. The van der Waals surface area contributed by atoms with E-state index in [1.54, 1.807) is 18.3 Å². The molecule has 0 aliphatic carbocycles. The van der Waals surface area contributed by atoms with Gasteiger partial charge in [0.1, 0.15) is 11.3 Å². The minimum Gasteiger partial charge on any atom is -0.444 e. The van der Waals surface area contributed by atoms with Crippen molar-refractivity contribution in [1.82, 2.24) is 15.3 Å². The number of alkyl carbamates (subject to hydrolysis) is 1. The smallest absolute Gasteiger partial charge is 0.407 e. The Hall–Kier alpha value is -3.39. The maximum Gasteiger partial charge on any atom is 0.407 e. The molecule has 8 nitrogen and oxygen atoms in total. The van der Waals surface area contributed by atoms with Crippen molar-refractivity contribution in [3.63, 3.8) is 0 Å². The number of nitrogens with zero attached hydrogens (tertiary/aromatic N) is 3. The predicted molar refractivity (Wildman–Crippen MR) is 131 cm³/mol. The molecule has 33 heavy (non-hydrogen) atoms. The van der Waals surface area contributed by atoms with Crippen LogP contribution in [0.25, 0.3) is 10.9 Å². The van der Waals surface area contributed by atoms with Crippen LogP contribution in [-0.4, -0.2) is 47.7 Å². The summed E-state index contributed by atoms with van der Waals surface area (Å²) in [6.45, 7) is 6.69. The third kappa shape index (κ3) is 6.79. The van der Waals surface area contributed by atoms with E-state index in [1.165, 1.54) is 12.3 Å². The van der Waals surface area contributed by atoms with Gasteiger partial charge in [-0.05, 0) is 51.5 Å². The fraction of sp³-hybridized carbons (Fsp3) is 0.333. The van der Waals surface area contributed by atoms with Crippen LogP contribution < -0.4 is 15.5 Å². The van der Waals surface area contributed by atoms with E-state index in [1.807, 2.05) is 46.0 Å². The van der Waals surface area contributed by atoms with E-state index in [2.05, 4.69) is 25.5 Å². The summed E-state index contributed by atoms with van der Waals surface area (Å²) in [4.78, 5) is 35.1. The molecule has 0 bridgehead atoms. The monoisotopic (exact) mass is 469 g/mol. The van der Waals surface area contributed by atoms with Crippen LogP contribution in [0.2, 0.25) is 5.02 Å². The minimum atomic E-state index is -0.521. The number of ether oxygens (including phenoxy) is 1. The number of halogens is 1. The van der Waals surface area contributed by atoms with Crippen LogP contribution in [0.4, 0.5) is 16.2 Å². The minimum absolute atomic E-state index is 0.227. The number of rotatable bonds is 7. The molecule has 2 N–H and O–H groups in total. The van der Waals surface area contributed by atoms with Crippen LogP contribution in [0.15, 0.2) is 48.8 Å². The van der Waals surface area contributed by atoms with Gasteiger partial charge in [-0.3, -0.25) is 14.8 Å². The number of carbonyl (C=O) groups is 2.